The Bertz CT molecular complexity index is 1040. The van der Waals surface area contributed by atoms with E-state index in [0.29, 0.717) is 22.9 Å². The first-order valence-corrected chi connectivity index (χ1v) is 9.27. The van der Waals surface area contributed by atoms with E-state index in [-0.39, 0.29) is 11.3 Å². The largest absolute Gasteiger partial charge is 0.290 e. The van der Waals surface area contributed by atoms with Gasteiger partial charge in [0.05, 0.1) is 5.39 Å². The Hall–Kier alpha value is -3.48. The summed E-state index contributed by atoms with van der Waals surface area (Å²) >= 11 is 0. The van der Waals surface area contributed by atoms with E-state index in [2.05, 4.69) is 22.9 Å². The molecule has 2 N–H and O–H groups in total. The zero-order chi connectivity index (χ0) is 19.9. The van der Waals surface area contributed by atoms with Crippen molar-refractivity contribution in [2.75, 3.05) is 0 Å². The van der Waals surface area contributed by atoms with Crippen LogP contribution in [0.5, 0.6) is 0 Å². The van der Waals surface area contributed by atoms with Gasteiger partial charge in [0, 0.05) is 17.5 Å². The minimum Gasteiger partial charge on any atom is -0.267 e. The minimum atomic E-state index is -0.579. The number of nitrogens with zero attached hydrogens (tertiary/aromatic N) is 2. The maximum Gasteiger partial charge on any atom is 0.290 e. The van der Waals surface area contributed by atoms with Gasteiger partial charge in [0.15, 0.2) is 5.69 Å². The molecule has 0 saturated carbocycles. The van der Waals surface area contributed by atoms with Gasteiger partial charge >= 0.3 is 0 Å². The van der Waals surface area contributed by atoms with Gasteiger partial charge in [0.1, 0.15) is 0 Å². The first kappa shape index (κ1) is 19.3. The van der Waals surface area contributed by atoms with E-state index in [1.54, 1.807) is 54.6 Å². The number of unbranched alkanes of at least 4 members (excludes halogenated alkanes) is 2. The Balaban J connectivity index is 1.86. The molecular weight excluding hydrogens is 356 g/mol. The number of hydrogen-bond donors (Lipinski definition) is 2. The molecule has 0 unspecified atom stereocenters. The molecule has 0 spiro atoms. The Morgan fingerprint density at radius 3 is 2.25 bits per heavy atom. The maximum absolute atomic E-state index is 12.7. The summed E-state index contributed by atoms with van der Waals surface area (Å²) in [4.78, 5) is 37.5. The van der Waals surface area contributed by atoms with Gasteiger partial charge in [0.25, 0.3) is 17.4 Å². The van der Waals surface area contributed by atoms with Crippen LogP contribution in [0.4, 0.5) is 0 Å². The maximum atomic E-state index is 12.7. The van der Waals surface area contributed by atoms with Gasteiger partial charge < -0.3 is 0 Å². The number of aromatic nitrogens is 2. The molecule has 2 amide bonds. The van der Waals surface area contributed by atoms with Gasteiger partial charge in [-0.25, -0.2) is 4.68 Å². The molecule has 3 rings (SSSR count). The molecule has 0 radical (unpaired) electrons. The van der Waals surface area contributed by atoms with E-state index in [4.69, 9.17) is 0 Å². The van der Waals surface area contributed by atoms with Crippen LogP contribution in [0.2, 0.25) is 0 Å². The highest BCUT2D eigenvalue weighted by atomic mass is 16.2. The fourth-order valence-electron chi connectivity index (χ4n) is 2.90. The molecule has 0 fully saturated rings. The summed E-state index contributed by atoms with van der Waals surface area (Å²) in [5.74, 6) is -1.01. The predicted molar refractivity (Wildman–Crippen MR) is 107 cm³/mol. The smallest absolute Gasteiger partial charge is 0.267 e. The van der Waals surface area contributed by atoms with Gasteiger partial charge in [-0.1, -0.05) is 56.2 Å². The lowest BCUT2D eigenvalue weighted by Crippen LogP contribution is -2.42. The van der Waals surface area contributed by atoms with E-state index in [9.17, 15) is 14.4 Å². The normalized spacial score (nSPS) is 10.6. The van der Waals surface area contributed by atoms with Crippen molar-refractivity contribution < 1.29 is 9.59 Å². The van der Waals surface area contributed by atoms with Crippen LogP contribution in [-0.2, 0) is 6.54 Å². The third-order valence-electron chi connectivity index (χ3n) is 4.38. The first-order valence-electron chi connectivity index (χ1n) is 9.27. The van der Waals surface area contributed by atoms with Gasteiger partial charge in [-0.2, -0.15) is 5.10 Å². The van der Waals surface area contributed by atoms with Crippen molar-refractivity contribution in [3.63, 3.8) is 0 Å². The van der Waals surface area contributed by atoms with Gasteiger partial charge in [-0.05, 0) is 24.6 Å². The van der Waals surface area contributed by atoms with Crippen LogP contribution in [-0.4, -0.2) is 21.6 Å². The average Bonchev–Trinajstić information content (AvgIpc) is 2.74. The summed E-state index contributed by atoms with van der Waals surface area (Å²) < 4.78 is 1.33. The van der Waals surface area contributed by atoms with Gasteiger partial charge in [-0.15, -0.1) is 0 Å². The molecule has 1 heterocycles. The number of amides is 2. The number of carbonyl (C=O) groups excluding carboxylic acids is 2. The summed E-state index contributed by atoms with van der Waals surface area (Å²) in [6.07, 6.45) is 2.78. The van der Waals surface area contributed by atoms with E-state index >= 15 is 0 Å². The molecule has 0 saturated heterocycles. The standard InChI is InChI=1S/C21H22N4O3/c1-2-3-9-14-25-21(28)17-13-8-7-12-16(17)18(24-25)20(27)23-22-19(26)15-10-5-4-6-11-15/h4-8,10-13H,2-3,9,14H2,1H3,(H,22,26)(H,23,27). The Labute approximate surface area is 162 Å². The molecule has 7 nitrogen and oxygen atoms in total. The van der Waals surface area contributed by atoms with Crippen molar-refractivity contribution in [2.45, 2.75) is 32.7 Å². The minimum absolute atomic E-state index is 0.0973. The third kappa shape index (κ3) is 4.25. The second-order valence-electron chi connectivity index (χ2n) is 6.40. The van der Waals surface area contributed by atoms with Crippen molar-refractivity contribution >= 4 is 22.6 Å². The molecule has 7 heteroatoms. The lowest BCUT2D eigenvalue weighted by atomic mass is 10.1. The van der Waals surface area contributed by atoms with Crippen molar-refractivity contribution in [1.82, 2.24) is 20.6 Å². The Kier molecular flexibility index (Phi) is 6.16. The molecule has 144 valence electrons. The number of carbonyl (C=O) groups is 2. The summed E-state index contributed by atoms with van der Waals surface area (Å²) in [5.41, 5.74) is 5.06. The molecule has 3 aromatic rings. The first-order chi connectivity index (χ1) is 13.6. The lowest BCUT2D eigenvalue weighted by molar-refractivity contribution is 0.0843. The third-order valence-corrected chi connectivity index (χ3v) is 4.38. The monoisotopic (exact) mass is 378 g/mol. The molecule has 0 atom stereocenters. The van der Waals surface area contributed by atoms with E-state index in [0.717, 1.165) is 19.3 Å². The van der Waals surface area contributed by atoms with Crippen molar-refractivity contribution in [3.05, 3.63) is 76.2 Å². The number of benzene rings is 2. The van der Waals surface area contributed by atoms with Crippen LogP contribution in [0.15, 0.2) is 59.4 Å². The van der Waals surface area contributed by atoms with Gasteiger partial charge in [0.2, 0.25) is 0 Å². The topological polar surface area (TPSA) is 93.1 Å². The van der Waals surface area contributed by atoms with Crippen LogP contribution in [0.25, 0.3) is 10.8 Å². The second kappa shape index (κ2) is 8.94. The molecule has 2 aromatic carbocycles. The van der Waals surface area contributed by atoms with Crippen molar-refractivity contribution in [2.24, 2.45) is 0 Å². The molecule has 0 aliphatic rings. The van der Waals surface area contributed by atoms with E-state index in [1.165, 1.54) is 4.68 Å². The van der Waals surface area contributed by atoms with Crippen molar-refractivity contribution in [1.29, 1.82) is 0 Å². The number of aryl methyl sites for hydroxylation is 1. The quantitative estimate of drug-likeness (QED) is 0.509. The summed E-state index contributed by atoms with van der Waals surface area (Å²) in [5, 5.41) is 5.14. The van der Waals surface area contributed by atoms with Crippen LogP contribution in [0.3, 0.4) is 0 Å². The van der Waals surface area contributed by atoms with Crippen LogP contribution < -0.4 is 16.4 Å². The molecule has 0 bridgehead atoms. The van der Waals surface area contributed by atoms with Crippen molar-refractivity contribution in [3.8, 4) is 0 Å². The highest BCUT2D eigenvalue weighted by Gasteiger charge is 2.17. The molecule has 1 aromatic heterocycles. The predicted octanol–water partition coefficient (Wildman–Crippen LogP) is 2.66. The van der Waals surface area contributed by atoms with Crippen LogP contribution >= 0.6 is 0 Å². The molecule has 28 heavy (non-hydrogen) atoms. The fraction of sp³-hybridized carbons (Fsp3) is 0.238. The Morgan fingerprint density at radius 1 is 0.893 bits per heavy atom. The molecular formula is C21H22N4O3. The Morgan fingerprint density at radius 2 is 1.54 bits per heavy atom. The number of rotatable bonds is 6. The zero-order valence-corrected chi connectivity index (χ0v) is 15.6. The van der Waals surface area contributed by atoms with E-state index < -0.39 is 11.8 Å². The molecule has 0 aliphatic carbocycles. The van der Waals surface area contributed by atoms with Crippen LogP contribution in [0, 0.1) is 0 Å². The highest BCUT2D eigenvalue weighted by molar-refractivity contribution is 6.06. The van der Waals surface area contributed by atoms with E-state index in [1.807, 2.05) is 0 Å². The SMILES string of the molecule is CCCCCn1nc(C(=O)NNC(=O)c2ccccc2)c2ccccc2c1=O. The lowest BCUT2D eigenvalue weighted by Gasteiger charge is -2.12. The van der Waals surface area contributed by atoms with Crippen LogP contribution in [0.1, 0.15) is 47.0 Å². The number of hydrazine groups is 1. The number of hydrogen-bond acceptors (Lipinski definition) is 4. The summed E-state index contributed by atoms with van der Waals surface area (Å²) in [7, 11) is 0. The zero-order valence-electron chi connectivity index (χ0n) is 15.6. The second-order valence-corrected chi connectivity index (χ2v) is 6.40. The number of nitrogens with one attached hydrogen (secondary N) is 2. The summed E-state index contributed by atoms with van der Waals surface area (Å²) in [6.45, 7) is 2.51. The summed E-state index contributed by atoms with van der Waals surface area (Å²) in [6, 6.07) is 15.4. The fourth-order valence-corrected chi connectivity index (χ4v) is 2.90. The average molecular weight is 378 g/mol. The van der Waals surface area contributed by atoms with Gasteiger partial charge in [-0.3, -0.25) is 25.2 Å². The number of fused-ring (bicyclic) bond motifs is 1. The highest BCUT2D eigenvalue weighted by Crippen LogP contribution is 2.13. The molecule has 0 aliphatic heterocycles.